The number of carbonyl (C=O) groups excluding carboxylic acids is 1. The van der Waals surface area contributed by atoms with E-state index < -0.39 is 18.6 Å². The molecule has 0 N–H and O–H groups in total. The van der Waals surface area contributed by atoms with Crippen LogP contribution in [0.15, 0.2) is 24.3 Å². The van der Waals surface area contributed by atoms with Crippen molar-refractivity contribution in [3.05, 3.63) is 30.1 Å². The molecule has 6 heteroatoms. The second-order valence-corrected chi connectivity index (χ2v) is 5.34. The molecule has 2 aromatic rings. The summed E-state index contributed by atoms with van der Waals surface area (Å²) in [4.78, 5) is 15.9. The highest BCUT2D eigenvalue weighted by atomic mass is 19.3. The van der Waals surface area contributed by atoms with E-state index in [0.717, 1.165) is 4.57 Å². The lowest BCUT2D eigenvalue weighted by Crippen LogP contribution is -2.15. The number of hydrogen-bond acceptors (Lipinski definition) is 3. The van der Waals surface area contributed by atoms with Gasteiger partial charge in [0.15, 0.2) is 11.9 Å². The predicted octanol–water partition coefficient (Wildman–Crippen LogP) is 4.08. The van der Waals surface area contributed by atoms with Crippen molar-refractivity contribution in [2.45, 2.75) is 39.8 Å². The van der Waals surface area contributed by atoms with E-state index in [0.29, 0.717) is 11.0 Å². The van der Waals surface area contributed by atoms with Crippen molar-refractivity contribution in [2.24, 2.45) is 5.92 Å². The highest BCUT2D eigenvalue weighted by Crippen LogP contribution is 2.28. The van der Waals surface area contributed by atoms with Crippen molar-refractivity contribution in [1.82, 2.24) is 9.55 Å². The molecular weight excluding hydrogens is 278 g/mol. The maximum Gasteiger partial charge on any atom is 0.320 e. The van der Waals surface area contributed by atoms with Gasteiger partial charge in [-0.3, -0.25) is 9.36 Å². The van der Waals surface area contributed by atoms with Gasteiger partial charge in [-0.1, -0.05) is 26.0 Å². The van der Waals surface area contributed by atoms with E-state index in [9.17, 15) is 13.6 Å². The number of carbonyl (C=O) groups is 1. The smallest absolute Gasteiger partial charge is 0.320 e. The molecule has 4 nitrogen and oxygen atoms in total. The Morgan fingerprint density at radius 2 is 1.95 bits per heavy atom. The predicted molar refractivity (Wildman–Crippen MR) is 74.9 cm³/mol. The Morgan fingerprint density at radius 3 is 2.57 bits per heavy atom. The summed E-state index contributed by atoms with van der Waals surface area (Å²) in [5.74, 6) is -0.202. The van der Waals surface area contributed by atoms with Gasteiger partial charge in [0.05, 0.1) is 11.0 Å². The molecular formula is C15H18F2N2O2. The summed E-state index contributed by atoms with van der Waals surface area (Å²) in [6.45, 7) is 2.59. The minimum atomic E-state index is -2.74. The van der Waals surface area contributed by atoms with Crippen LogP contribution < -0.4 is 0 Å². The van der Waals surface area contributed by atoms with E-state index in [1.165, 1.54) is 0 Å². The number of imidazole rings is 1. The number of esters is 1. The second-order valence-electron chi connectivity index (χ2n) is 5.34. The van der Waals surface area contributed by atoms with Gasteiger partial charge in [0.2, 0.25) is 0 Å². The van der Waals surface area contributed by atoms with Gasteiger partial charge >= 0.3 is 12.5 Å². The summed E-state index contributed by atoms with van der Waals surface area (Å²) < 4.78 is 32.6. The number of halogens is 2. The summed E-state index contributed by atoms with van der Waals surface area (Å²) in [5.41, 5.74) is 0.786. The number of rotatable bonds is 5. The van der Waals surface area contributed by atoms with Crippen molar-refractivity contribution in [2.75, 3.05) is 0 Å². The standard InChI is InChI=1S/C15H18F2N2O2/c1-9(2)8-13(20)21-10(3)14-18-11-6-4-5-7-12(11)19(14)15(16)17/h4-7,9-10,15H,8H2,1-3H3. The van der Waals surface area contributed by atoms with Crippen molar-refractivity contribution in [1.29, 1.82) is 0 Å². The Balaban J connectivity index is 2.32. The van der Waals surface area contributed by atoms with E-state index >= 15 is 0 Å². The third kappa shape index (κ3) is 3.37. The molecule has 1 aromatic carbocycles. The maximum absolute atomic E-state index is 13.3. The van der Waals surface area contributed by atoms with Gasteiger partial charge < -0.3 is 4.74 Å². The highest BCUT2D eigenvalue weighted by Gasteiger charge is 2.24. The zero-order valence-electron chi connectivity index (χ0n) is 12.2. The molecule has 0 amide bonds. The van der Waals surface area contributed by atoms with Crippen LogP contribution in [-0.4, -0.2) is 15.5 Å². The van der Waals surface area contributed by atoms with Crippen LogP contribution in [0, 0.1) is 5.92 Å². The minimum absolute atomic E-state index is 0.0586. The average Bonchev–Trinajstić information content (AvgIpc) is 2.76. The lowest BCUT2D eigenvalue weighted by Gasteiger charge is -2.15. The molecule has 0 aliphatic heterocycles. The number of alkyl halides is 2. The Morgan fingerprint density at radius 1 is 1.29 bits per heavy atom. The lowest BCUT2D eigenvalue weighted by atomic mass is 10.1. The fraction of sp³-hybridized carbons (Fsp3) is 0.467. The zero-order chi connectivity index (χ0) is 15.6. The van der Waals surface area contributed by atoms with Crippen molar-refractivity contribution < 1.29 is 18.3 Å². The van der Waals surface area contributed by atoms with E-state index in [4.69, 9.17) is 4.74 Å². The SMILES string of the molecule is CC(C)CC(=O)OC(C)c1nc2ccccc2n1C(F)F. The third-order valence-electron chi connectivity index (χ3n) is 3.07. The van der Waals surface area contributed by atoms with Crippen molar-refractivity contribution in [3.63, 3.8) is 0 Å². The first-order valence-corrected chi connectivity index (χ1v) is 6.84. The summed E-state index contributed by atoms with van der Waals surface area (Å²) in [5, 5.41) is 0. The number of nitrogens with zero attached hydrogens (tertiary/aromatic N) is 2. The molecule has 0 aliphatic carbocycles. The number of ether oxygens (including phenoxy) is 1. The molecule has 0 saturated heterocycles. The topological polar surface area (TPSA) is 44.1 Å². The van der Waals surface area contributed by atoms with Crippen LogP contribution in [0.1, 0.15) is 45.7 Å². The summed E-state index contributed by atoms with van der Waals surface area (Å²) >= 11 is 0. The second kappa shape index (κ2) is 6.20. The quantitative estimate of drug-likeness (QED) is 0.781. The first kappa shape index (κ1) is 15.4. The molecule has 1 atom stereocenters. The molecule has 114 valence electrons. The van der Waals surface area contributed by atoms with Gasteiger partial charge in [-0.25, -0.2) is 4.98 Å². The summed E-state index contributed by atoms with van der Waals surface area (Å²) in [6, 6.07) is 6.62. The molecule has 0 aliphatic rings. The molecule has 1 heterocycles. The Hall–Kier alpha value is -1.98. The Labute approximate surface area is 121 Å². The van der Waals surface area contributed by atoms with Gasteiger partial charge in [0.1, 0.15) is 0 Å². The lowest BCUT2D eigenvalue weighted by molar-refractivity contribution is -0.150. The first-order chi connectivity index (χ1) is 9.90. The molecule has 1 unspecified atom stereocenters. The van der Waals surface area contributed by atoms with Crippen LogP contribution in [0.4, 0.5) is 8.78 Å². The first-order valence-electron chi connectivity index (χ1n) is 6.84. The molecule has 2 rings (SSSR count). The van der Waals surface area contributed by atoms with Gasteiger partial charge in [-0.2, -0.15) is 8.78 Å². The van der Waals surface area contributed by atoms with E-state index in [2.05, 4.69) is 4.98 Å². The minimum Gasteiger partial charge on any atom is -0.454 e. The number of fused-ring (bicyclic) bond motifs is 1. The van der Waals surface area contributed by atoms with Gasteiger partial charge in [-0.05, 0) is 25.0 Å². The normalized spacial score (nSPS) is 13.1. The molecule has 0 spiro atoms. The number of aromatic nitrogens is 2. The van der Waals surface area contributed by atoms with E-state index in [1.807, 2.05) is 13.8 Å². The van der Waals surface area contributed by atoms with Gasteiger partial charge in [0, 0.05) is 6.42 Å². The molecule has 0 radical (unpaired) electrons. The third-order valence-corrected chi connectivity index (χ3v) is 3.07. The van der Waals surface area contributed by atoms with Crippen LogP contribution in [0.2, 0.25) is 0 Å². The van der Waals surface area contributed by atoms with Crippen LogP contribution >= 0.6 is 0 Å². The maximum atomic E-state index is 13.3. The van der Waals surface area contributed by atoms with E-state index in [1.54, 1.807) is 31.2 Å². The van der Waals surface area contributed by atoms with Crippen LogP contribution in [-0.2, 0) is 9.53 Å². The largest absolute Gasteiger partial charge is 0.454 e. The molecule has 0 fully saturated rings. The zero-order valence-corrected chi connectivity index (χ0v) is 12.2. The monoisotopic (exact) mass is 296 g/mol. The highest BCUT2D eigenvalue weighted by molar-refractivity contribution is 5.76. The number of para-hydroxylation sites is 2. The van der Waals surface area contributed by atoms with Crippen molar-refractivity contribution >= 4 is 17.0 Å². The van der Waals surface area contributed by atoms with Crippen LogP contribution in [0.25, 0.3) is 11.0 Å². The van der Waals surface area contributed by atoms with Gasteiger partial charge in [0.25, 0.3) is 0 Å². The number of hydrogen-bond donors (Lipinski definition) is 0. The van der Waals surface area contributed by atoms with Crippen LogP contribution in [0.5, 0.6) is 0 Å². The number of benzene rings is 1. The van der Waals surface area contributed by atoms with Gasteiger partial charge in [-0.15, -0.1) is 0 Å². The van der Waals surface area contributed by atoms with E-state index in [-0.39, 0.29) is 18.2 Å². The summed E-state index contributed by atoms with van der Waals surface area (Å²) in [6.07, 6.45) is -0.572. The fourth-order valence-corrected chi connectivity index (χ4v) is 2.19. The van der Waals surface area contributed by atoms with Crippen molar-refractivity contribution in [3.8, 4) is 0 Å². The van der Waals surface area contributed by atoms with Crippen LogP contribution in [0.3, 0.4) is 0 Å². The molecule has 0 bridgehead atoms. The summed E-state index contributed by atoms with van der Waals surface area (Å²) in [7, 11) is 0. The molecule has 0 saturated carbocycles. The Bertz CT molecular complexity index is 638. The fourth-order valence-electron chi connectivity index (χ4n) is 2.19. The molecule has 21 heavy (non-hydrogen) atoms. The molecule has 1 aromatic heterocycles. The Kier molecular flexibility index (Phi) is 4.55. The average molecular weight is 296 g/mol.